The molecule has 6 nitrogen and oxygen atoms in total. The monoisotopic (exact) mass is 400 g/mol. The van der Waals surface area contributed by atoms with Gasteiger partial charge < -0.3 is 9.80 Å². The summed E-state index contributed by atoms with van der Waals surface area (Å²) in [5.41, 5.74) is 6.50. The summed E-state index contributed by atoms with van der Waals surface area (Å²) in [6.45, 7) is 4.29. The number of nitrogens with one attached hydrogen (secondary N) is 1. The molecule has 0 spiro atoms. The maximum atomic E-state index is 13.3. The molecule has 5 rings (SSSR count). The Kier molecular flexibility index (Phi) is 4.62. The van der Waals surface area contributed by atoms with Crippen LogP contribution >= 0.6 is 0 Å². The molecule has 2 amide bonds. The lowest BCUT2D eigenvalue weighted by Gasteiger charge is -2.30. The quantitative estimate of drug-likeness (QED) is 0.719. The maximum Gasteiger partial charge on any atom is 0.275 e. The Labute approximate surface area is 175 Å². The minimum Gasteiger partial charge on any atom is -0.334 e. The predicted molar refractivity (Wildman–Crippen MR) is 113 cm³/mol. The van der Waals surface area contributed by atoms with E-state index in [4.69, 9.17) is 0 Å². The molecule has 3 heterocycles. The van der Waals surface area contributed by atoms with Crippen LogP contribution in [0, 0.1) is 6.92 Å². The van der Waals surface area contributed by atoms with Crippen LogP contribution in [0.5, 0.6) is 0 Å². The van der Waals surface area contributed by atoms with Gasteiger partial charge in [-0.2, -0.15) is 5.10 Å². The van der Waals surface area contributed by atoms with E-state index in [0.29, 0.717) is 43.9 Å². The van der Waals surface area contributed by atoms with Gasteiger partial charge in [-0.3, -0.25) is 14.7 Å². The van der Waals surface area contributed by atoms with Crippen LogP contribution in [0.2, 0.25) is 0 Å². The topological polar surface area (TPSA) is 69.3 Å². The van der Waals surface area contributed by atoms with Gasteiger partial charge in [-0.15, -0.1) is 0 Å². The summed E-state index contributed by atoms with van der Waals surface area (Å²) in [5, 5.41) is 7.39. The number of hydrogen-bond acceptors (Lipinski definition) is 3. The van der Waals surface area contributed by atoms with E-state index in [1.165, 1.54) is 11.1 Å². The standard InChI is InChI=1S/C24H24N4O2/c1-16-5-4-8-18(13-16)23(29)28-12-10-21-20(15-28)22(26-25-21)24(30)27-11-9-17-6-2-3-7-19(17)14-27/h2-8,13H,9-12,14-15H2,1H3,(H,25,26). The molecule has 2 aliphatic rings. The number of rotatable bonds is 2. The third-order valence-corrected chi connectivity index (χ3v) is 6.11. The highest BCUT2D eigenvalue weighted by Gasteiger charge is 2.31. The SMILES string of the molecule is Cc1cccc(C(=O)N2CCc3[nH]nc(C(=O)N4CCc5ccccc5C4)c3C2)c1. The van der Waals surface area contributed by atoms with E-state index in [0.717, 1.165) is 23.2 Å². The minimum atomic E-state index is -0.0631. The molecule has 6 heteroatoms. The molecule has 2 aliphatic heterocycles. The number of fused-ring (bicyclic) bond motifs is 2. The molecule has 2 aromatic carbocycles. The molecule has 152 valence electrons. The van der Waals surface area contributed by atoms with Crippen molar-refractivity contribution in [3.05, 3.63) is 87.7 Å². The van der Waals surface area contributed by atoms with Gasteiger partial charge in [-0.05, 0) is 36.6 Å². The smallest absolute Gasteiger partial charge is 0.275 e. The van der Waals surface area contributed by atoms with Gasteiger partial charge in [0.1, 0.15) is 0 Å². The number of aromatic nitrogens is 2. The summed E-state index contributed by atoms with van der Waals surface area (Å²) in [6, 6.07) is 15.9. The van der Waals surface area contributed by atoms with Crippen molar-refractivity contribution in [1.82, 2.24) is 20.0 Å². The first-order valence-corrected chi connectivity index (χ1v) is 10.4. The van der Waals surface area contributed by atoms with Gasteiger partial charge in [0, 0.05) is 42.9 Å². The van der Waals surface area contributed by atoms with Gasteiger partial charge in [0.2, 0.25) is 0 Å². The van der Waals surface area contributed by atoms with E-state index in [-0.39, 0.29) is 11.8 Å². The molecular formula is C24H24N4O2. The van der Waals surface area contributed by atoms with Crippen molar-refractivity contribution in [2.45, 2.75) is 32.9 Å². The summed E-state index contributed by atoms with van der Waals surface area (Å²) in [7, 11) is 0. The van der Waals surface area contributed by atoms with Crippen LogP contribution in [-0.2, 0) is 25.9 Å². The lowest BCUT2D eigenvalue weighted by Crippen LogP contribution is -2.39. The lowest BCUT2D eigenvalue weighted by atomic mass is 9.98. The average Bonchev–Trinajstić information content (AvgIpc) is 3.21. The van der Waals surface area contributed by atoms with Crippen LogP contribution in [-0.4, -0.2) is 44.9 Å². The second-order valence-corrected chi connectivity index (χ2v) is 8.12. The predicted octanol–water partition coefficient (Wildman–Crippen LogP) is 3.12. The summed E-state index contributed by atoms with van der Waals surface area (Å²) in [6.07, 6.45) is 1.53. The molecule has 3 aromatic rings. The van der Waals surface area contributed by atoms with Crippen molar-refractivity contribution >= 4 is 11.8 Å². The van der Waals surface area contributed by atoms with Crippen molar-refractivity contribution in [2.75, 3.05) is 13.1 Å². The highest BCUT2D eigenvalue weighted by molar-refractivity contribution is 5.96. The third kappa shape index (κ3) is 3.28. The number of benzene rings is 2. The van der Waals surface area contributed by atoms with Gasteiger partial charge in [0.25, 0.3) is 11.8 Å². The van der Waals surface area contributed by atoms with Crippen LogP contribution < -0.4 is 0 Å². The van der Waals surface area contributed by atoms with E-state index < -0.39 is 0 Å². The van der Waals surface area contributed by atoms with Crippen molar-refractivity contribution in [3.8, 4) is 0 Å². The fourth-order valence-electron chi connectivity index (χ4n) is 4.42. The number of H-pyrrole nitrogens is 1. The summed E-state index contributed by atoms with van der Waals surface area (Å²) in [4.78, 5) is 30.0. The number of carbonyl (C=O) groups excluding carboxylic acids is 2. The fourth-order valence-corrected chi connectivity index (χ4v) is 4.42. The molecule has 1 aromatic heterocycles. The minimum absolute atomic E-state index is 0.00384. The first-order valence-electron chi connectivity index (χ1n) is 10.4. The van der Waals surface area contributed by atoms with Gasteiger partial charge >= 0.3 is 0 Å². The molecule has 0 saturated carbocycles. The van der Waals surface area contributed by atoms with Crippen LogP contribution in [0.1, 0.15) is 48.8 Å². The summed E-state index contributed by atoms with van der Waals surface area (Å²) < 4.78 is 0. The van der Waals surface area contributed by atoms with E-state index in [2.05, 4.69) is 22.3 Å². The normalized spacial score (nSPS) is 15.5. The van der Waals surface area contributed by atoms with Crippen molar-refractivity contribution in [3.63, 3.8) is 0 Å². The number of aromatic amines is 1. The molecule has 30 heavy (non-hydrogen) atoms. The van der Waals surface area contributed by atoms with Crippen LogP contribution in [0.15, 0.2) is 48.5 Å². The Balaban J connectivity index is 1.37. The first-order chi connectivity index (χ1) is 14.6. The highest BCUT2D eigenvalue weighted by atomic mass is 16.2. The van der Waals surface area contributed by atoms with E-state index in [1.807, 2.05) is 53.1 Å². The molecule has 0 bridgehead atoms. The number of carbonyl (C=O) groups is 2. The van der Waals surface area contributed by atoms with Crippen molar-refractivity contribution in [2.24, 2.45) is 0 Å². The van der Waals surface area contributed by atoms with Crippen LogP contribution in [0.4, 0.5) is 0 Å². The summed E-state index contributed by atoms with van der Waals surface area (Å²) >= 11 is 0. The average molecular weight is 400 g/mol. The molecule has 0 fully saturated rings. The zero-order valence-corrected chi connectivity index (χ0v) is 17.0. The molecule has 0 unspecified atom stereocenters. The Morgan fingerprint density at radius 3 is 2.50 bits per heavy atom. The second-order valence-electron chi connectivity index (χ2n) is 8.12. The maximum absolute atomic E-state index is 13.3. The molecule has 0 aliphatic carbocycles. The van der Waals surface area contributed by atoms with Gasteiger partial charge in [-0.25, -0.2) is 0 Å². The second kappa shape index (κ2) is 7.44. The summed E-state index contributed by atoms with van der Waals surface area (Å²) in [5.74, 6) is -0.0669. The van der Waals surface area contributed by atoms with Gasteiger partial charge in [0.15, 0.2) is 5.69 Å². The Morgan fingerprint density at radius 2 is 1.67 bits per heavy atom. The molecule has 0 atom stereocenters. The molecule has 0 radical (unpaired) electrons. The number of amides is 2. The van der Waals surface area contributed by atoms with Gasteiger partial charge in [-0.1, -0.05) is 42.0 Å². The Morgan fingerprint density at radius 1 is 0.900 bits per heavy atom. The third-order valence-electron chi connectivity index (χ3n) is 6.11. The first kappa shape index (κ1) is 18.6. The molecular weight excluding hydrogens is 376 g/mol. The highest BCUT2D eigenvalue weighted by Crippen LogP contribution is 2.25. The van der Waals surface area contributed by atoms with Crippen LogP contribution in [0.3, 0.4) is 0 Å². The Bertz CT molecular complexity index is 1130. The largest absolute Gasteiger partial charge is 0.334 e. The number of aryl methyl sites for hydroxylation is 1. The molecule has 0 saturated heterocycles. The number of hydrogen-bond donors (Lipinski definition) is 1. The van der Waals surface area contributed by atoms with Crippen molar-refractivity contribution in [1.29, 1.82) is 0 Å². The van der Waals surface area contributed by atoms with Crippen molar-refractivity contribution < 1.29 is 9.59 Å². The Hall–Kier alpha value is -3.41. The zero-order chi connectivity index (χ0) is 20.7. The number of nitrogens with zero attached hydrogens (tertiary/aromatic N) is 3. The van der Waals surface area contributed by atoms with E-state index >= 15 is 0 Å². The van der Waals surface area contributed by atoms with E-state index in [1.54, 1.807) is 0 Å². The van der Waals surface area contributed by atoms with E-state index in [9.17, 15) is 9.59 Å². The zero-order valence-electron chi connectivity index (χ0n) is 17.0. The van der Waals surface area contributed by atoms with Crippen LogP contribution in [0.25, 0.3) is 0 Å². The fraction of sp³-hybridized carbons (Fsp3) is 0.292. The van der Waals surface area contributed by atoms with Gasteiger partial charge in [0.05, 0.1) is 6.54 Å². The molecule has 1 N–H and O–H groups in total. The lowest BCUT2D eigenvalue weighted by molar-refractivity contribution is 0.0703.